The van der Waals surface area contributed by atoms with Gasteiger partial charge < -0.3 is 5.11 Å². The minimum atomic E-state index is -0.508. The predicted molar refractivity (Wildman–Crippen MR) is 87.0 cm³/mol. The second kappa shape index (κ2) is 6.31. The number of carbonyl (C=O) groups excluding carboxylic acids is 1. The van der Waals surface area contributed by atoms with Gasteiger partial charge in [0.25, 0.3) is 0 Å². The largest absolute Gasteiger partial charge is 0.389 e. The van der Waals surface area contributed by atoms with E-state index in [-0.39, 0.29) is 11.2 Å². The van der Waals surface area contributed by atoms with Crippen molar-refractivity contribution in [2.75, 3.05) is 0 Å². The van der Waals surface area contributed by atoms with E-state index in [1.165, 1.54) is 0 Å². The van der Waals surface area contributed by atoms with Gasteiger partial charge in [0.15, 0.2) is 5.78 Å². The van der Waals surface area contributed by atoms with Crippen molar-refractivity contribution in [2.45, 2.75) is 65.4 Å². The summed E-state index contributed by atoms with van der Waals surface area (Å²) in [7, 11) is 0. The lowest BCUT2D eigenvalue weighted by atomic mass is 9.64. The second-order valence-corrected chi connectivity index (χ2v) is 7.29. The van der Waals surface area contributed by atoms with E-state index in [0.717, 1.165) is 42.4 Å². The van der Waals surface area contributed by atoms with E-state index in [1.807, 2.05) is 13.0 Å². The number of carbonyl (C=O) groups is 1. The summed E-state index contributed by atoms with van der Waals surface area (Å²) in [5.74, 6) is 0.754. The van der Waals surface area contributed by atoms with E-state index in [9.17, 15) is 9.90 Å². The minimum absolute atomic E-state index is 0.0479. The highest BCUT2D eigenvalue weighted by atomic mass is 16.3. The number of aliphatic hydroxyl groups excluding tert-OH is 1. The molecule has 0 aromatic rings. The maximum atomic E-state index is 12.6. The van der Waals surface area contributed by atoms with Crippen molar-refractivity contribution >= 4 is 5.78 Å². The summed E-state index contributed by atoms with van der Waals surface area (Å²) >= 11 is 0. The van der Waals surface area contributed by atoms with Crippen LogP contribution >= 0.6 is 0 Å². The van der Waals surface area contributed by atoms with Crippen molar-refractivity contribution in [1.82, 2.24) is 0 Å². The zero-order valence-corrected chi connectivity index (χ0v) is 13.6. The van der Waals surface area contributed by atoms with Crippen molar-refractivity contribution in [1.29, 1.82) is 0 Å². The fourth-order valence-electron chi connectivity index (χ4n) is 3.82. The van der Waals surface area contributed by atoms with Crippen LogP contribution in [0.3, 0.4) is 0 Å². The van der Waals surface area contributed by atoms with Crippen LogP contribution in [0.5, 0.6) is 0 Å². The van der Waals surface area contributed by atoms with E-state index in [0.29, 0.717) is 18.8 Å². The van der Waals surface area contributed by atoms with Gasteiger partial charge in [-0.15, -0.1) is 0 Å². The number of rotatable bonds is 0. The van der Waals surface area contributed by atoms with Gasteiger partial charge in [-0.25, -0.2) is 0 Å². The Balaban J connectivity index is 2.34. The molecule has 2 rings (SSSR count). The lowest BCUT2D eigenvalue weighted by Crippen LogP contribution is -2.33. The van der Waals surface area contributed by atoms with Gasteiger partial charge in [-0.3, -0.25) is 4.79 Å². The number of hydrogen-bond donors (Lipinski definition) is 1. The van der Waals surface area contributed by atoms with Gasteiger partial charge in [0.05, 0.1) is 6.10 Å². The molecule has 0 heterocycles. The first-order valence-electron chi connectivity index (χ1n) is 8.06. The topological polar surface area (TPSA) is 37.3 Å². The molecule has 2 aliphatic carbocycles. The molecule has 0 aromatic heterocycles. The molecule has 0 fully saturated rings. The summed E-state index contributed by atoms with van der Waals surface area (Å²) in [5, 5.41) is 10.1. The predicted octanol–water partition coefficient (Wildman–Crippen LogP) is 4.36. The van der Waals surface area contributed by atoms with Crippen LogP contribution in [0, 0.1) is 11.3 Å². The Kier molecular flexibility index (Phi) is 4.88. The molecule has 0 spiro atoms. The fraction of sp³-hybridized carbons (Fsp3) is 0.632. The molecule has 0 amide bonds. The van der Waals surface area contributed by atoms with Crippen LogP contribution in [-0.2, 0) is 4.79 Å². The molecule has 0 saturated carbocycles. The van der Waals surface area contributed by atoms with Crippen LogP contribution in [0.15, 0.2) is 35.5 Å². The third kappa shape index (κ3) is 3.74. The summed E-state index contributed by atoms with van der Waals surface area (Å²) in [4.78, 5) is 12.6. The zero-order valence-electron chi connectivity index (χ0n) is 13.6. The highest BCUT2D eigenvalue weighted by Crippen LogP contribution is 2.45. The molecule has 2 nitrogen and oxygen atoms in total. The highest BCUT2D eigenvalue weighted by molar-refractivity contribution is 5.98. The molecule has 1 unspecified atom stereocenters. The number of hydrogen-bond acceptors (Lipinski definition) is 2. The molecular formula is C19H28O2. The third-order valence-corrected chi connectivity index (χ3v) is 5.14. The molecule has 2 heteroatoms. The van der Waals surface area contributed by atoms with Crippen LogP contribution in [0.25, 0.3) is 0 Å². The Bertz CT molecular complexity index is 494. The summed E-state index contributed by atoms with van der Waals surface area (Å²) < 4.78 is 0. The minimum Gasteiger partial charge on any atom is -0.389 e. The van der Waals surface area contributed by atoms with Crippen LogP contribution in [0.2, 0.25) is 0 Å². The monoisotopic (exact) mass is 288 g/mol. The average molecular weight is 288 g/mol. The average Bonchev–Trinajstić information content (AvgIpc) is 2.34. The number of fused-ring (bicyclic) bond motifs is 2. The number of allylic oxidation sites excluding steroid dienone is 3. The van der Waals surface area contributed by atoms with Crippen LogP contribution in [0.1, 0.15) is 59.3 Å². The van der Waals surface area contributed by atoms with Crippen molar-refractivity contribution in [3.05, 3.63) is 35.5 Å². The van der Waals surface area contributed by atoms with Crippen LogP contribution < -0.4 is 0 Å². The smallest absolute Gasteiger partial charge is 0.163 e. The molecule has 21 heavy (non-hydrogen) atoms. The van der Waals surface area contributed by atoms with Crippen molar-refractivity contribution < 1.29 is 9.90 Å². The normalized spacial score (nSPS) is 33.3. The quantitative estimate of drug-likeness (QED) is 0.673. The summed E-state index contributed by atoms with van der Waals surface area (Å²) in [6.45, 7) is 10.5. The van der Waals surface area contributed by atoms with Gasteiger partial charge in [-0.05, 0) is 55.9 Å². The molecule has 2 atom stereocenters. The molecule has 0 radical (unpaired) electrons. The van der Waals surface area contributed by atoms with E-state index in [4.69, 9.17) is 0 Å². The van der Waals surface area contributed by atoms with Gasteiger partial charge in [0, 0.05) is 6.42 Å². The van der Waals surface area contributed by atoms with Gasteiger partial charge in [0.2, 0.25) is 0 Å². The Morgan fingerprint density at radius 2 is 2.05 bits per heavy atom. The molecule has 116 valence electrons. The summed E-state index contributed by atoms with van der Waals surface area (Å²) in [5.41, 5.74) is 3.02. The SMILES string of the molecule is C=C1CC[C@H]2CCC=C(C(=O)C/C(C)=C/C(O)C1)C2(C)C. The Morgan fingerprint density at radius 3 is 2.76 bits per heavy atom. The van der Waals surface area contributed by atoms with E-state index in [2.05, 4.69) is 26.5 Å². The van der Waals surface area contributed by atoms with Crippen molar-refractivity contribution in [2.24, 2.45) is 11.3 Å². The fourth-order valence-corrected chi connectivity index (χ4v) is 3.82. The lowest BCUT2D eigenvalue weighted by molar-refractivity contribution is -0.116. The van der Waals surface area contributed by atoms with E-state index >= 15 is 0 Å². The van der Waals surface area contributed by atoms with Gasteiger partial charge in [-0.1, -0.05) is 43.7 Å². The molecule has 0 aromatic carbocycles. The van der Waals surface area contributed by atoms with E-state index < -0.39 is 6.10 Å². The summed E-state index contributed by atoms with van der Waals surface area (Å²) in [6, 6.07) is 0. The first kappa shape index (κ1) is 16.2. The maximum Gasteiger partial charge on any atom is 0.163 e. The molecule has 0 aliphatic heterocycles. The van der Waals surface area contributed by atoms with Gasteiger partial charge in [0.1, 0.15) is 0 Å². The number of Topliss-reactive ketones (excluding diaryl/α,β-unsaturated/α-hetero) is 1. The zero-order chi connectivity index (χ0) is 15.6. The standard InChI is InChI=1S/C19H28O2/c1-13-8-9-15-6-5-7-17(19(15,3)4)18(21)12-14(2)11-16(20)10-13/h7,11,15-16,20H,1,5-6,8-10,12H2,2-4H3/b14-11+/t15-,16?/m1/s1. The van der Waals surface area contributed by atoms with Crippen molar-refractivity contribution in [3.8, 4) is 0 Å². The maximum absolute atomic E-state index is 12.6. The first-order valence-corrected chi connectivity index (χ1v) is 8.06. The Morgan fingerprint density at radius 1 is 1.33 bits per heavy atom. The lowest BCUT2D eigenvalue weighted by Gasteiger charge is -2.40. The Hall–Kier alpha value is -1.15. The van der Waals surface area contributed by atoms with E-state index in [1.54, 1.807) is 0 Å². The number of aliphatic hydroxyl groups is 1. The summed E-state index contributed by atoms with van der Waals surface area (Å²) in [6.07, 6.45) is 8.65. The molecule has 2 aliphatic rings. The molecule has 1 N–H and O–H groups in total. The molecule has 2 bridgehead atoms. The third-order valence-electron chi connectivity index (χ3n) is 5.14. The number of ketones is 1. The van der Waals surface area contributed by atoms with Gasteiger partial charge >= 0.3 is 0 Å². The molecule has 0 saturated heterocycles. The Labute approximate surface area is 128 Å². The second-order valence-electron chi connectivity index (χ2n) is 7.29. The van der Waals surface area contributed by atoms with Crippen LogP contribution in [0.4, 0.5) is 0 Å². The van der Waals surface area contributed by atoms with Crippen molar-refractivity contribution in [3.63, 3.8) is 0 Å². The van der Waals surface area contributed by atoms with Crippen LogP contribution in [-0.4, -0.2) is 17.0 Å². The highest BCUT2D eigenvalue weighted by Gasteiger charge is 2.38. The molecular weight excluding hydrogens is 260 g/mol. The first-order chi connectivity index (χ1) is 9.80. The van der Waals surface area contributed by atoms with Gasteiger partial charge in [-0.2, -0.15) is 0 Å².